The number of fused-ring (bicyclic) bond motifs is 1. The van der Waals surface area contributed by atoms with Gasteiger partial charge in [0.15, 0.2) is 0 Å². The van der Waals surface area contributed by atoms with E-state index in [9.17, 15) is 9.59 Å². The van der Waals surface area contributed by atoms with Crippen LogP contribution in [0.1, 0.15) is 55.0 Å². The molecular formula is C28H30N4O3S. The number of nitrogens with one attached hydrogen (secondary N) is 2. The van der Waals surface area contributed by atoms with E-state index in [1.165, 1.54) is 11.3 Å². The Labute approximate surface area is 214 Å². The van der Waals surface area contributed by atoms with Crippen LogP contribution in [0.25, 0.3) is 22.2 Å². The molecule has 2 N–H and O–H groups in total. The predicted molar refractivity (Wildman–Crippen MR) is 144 cm³/mol. The predicted octanol–water partition coefficient (Wildman–Crippen LogP) is 6.66. The van der Waals surface area contributed by atoms with E-state index in [-0.39, 0.29) is 17.9 Å². The molecule has 3 heterocycles. The lowest BCUT2D eigenvalue weighted by molar-refractivity contribution is 0.0204. The van der Waals surface area contributed by atoms with Crippen LogP contribution in [0.4, 0.5) is 10.5 Å². The van der Waals surface area contributed by atoms with Crippen LogP contribution in [-0.4, -0.2) is 45.6 Å². The maximum atomic E-state index is 13.1. The number of amides is 2. The quantitative estimate of drug-likeness (QED) is 0.327. The number of rotatable bonds is 4. The minimum absolute atomic E-state index is 0.229. The largest absolute Gasteiger partial charge is 0.444 e. The second-order valence-corrected chi connectivity index (χ2v) is 11.0. The molecule has 1 aliphatic heterocycles. The number of hydrogen-bond donors (Lipinski definition) is 2. The molecule has 7 nitrogen and oxygen atoms in total. The van der Waals surface area contributed by atoms with Crippen LogP contribution >= 0.6 is 11.3 Å². The SMILES string of the molecule is CC(C)(C)OC(=O)N1CCC(c2nc(C(=O)Nc3ccccc3-c3cc4ccccc4[nH]3)cs2)CC1. The number of para-hydroxylation sites is 2. The number of aromatic amines is 1. The monoisotopic (exact) mass is 502 g/mol. The Morgan fingerprint density at radius 1 is 1.08 bits per heavy atom. The van der Waals surface area contributed by atoms with Gasteiger partial charge in [0, 0.05) is 46.5 Å². The van der Waals surface area contributed by atoms with Gasteiger partial charge < -0.3 is 19.9 Å². The summed E-state index contributed by atoms with van der Waals surface area (Å²) in [6.45, 7) is 6.87. The Bertz CT molecular complexity index is 1360. The van der Waals surface area contributed by atoms with Gasteiger partial charge in [0.25, 0.3) is 5.91 Å². The molecule has 0 radical (unpaired) electrons. The van der Waals surface area contributed by atoms with E-state index in [1.807, 2.05) is 68.6 Å². The first-order valence-electron chi connectivity index (χ1n) is 12.2. The lowest BCUT2D eigenvalue weighted by Crippen LogP contribution is -2.41. The Balaban J connectivity index is 1.25. The smallest absolute Gasteiger partial charge is 0.410 e. The summed E-state index contributed by atoms with van der Waals surface area (Å²) < 4.78 is 5.49. The third kappa shape index (κ3) is 5.28. The lowest BCUT2D eigenvalue weighted by Gasteiger charge is -2.32. The van der Waals surface area contributed by atoms with Crippen molar-refractivity contribution < 1.29 is 14.3 Å². The molecule has 4 aromatic rings. The number of nitrogens with zero attached hydrogens (tertiary/aromatic N) is 2. The molecule has 0 saturated carbocycles. The molecule has 1 aliphatic rings. The summed E-state index contributed by atoms with van der Waals surface area (Å²) in [5.74, 6) is 0.00104. The summed E-state index contributed by atoms with van der Waals surface area (Å²) in [5.41, 5.74) is 3.56. The fourth-order valence-electron chi connectivity index (χ4n) is 4.45. The highest BCUT2D eigenvalue weighted by Crippen LogP contribution is 2.33. The van der Waals surface area contributed by atoms with Crippen LogP contribution in [-0.2, 0) is 4.74 Å². The van der Waals surface area contributed by atoms with Crippen LogP contribution in [0, 0.1) is 0 Å². The number of ether oxygens (including phenoxy) is 1. The summed E-state index contributed by atoms with van der Waals surface area (Å²) >= 11 is 1.51. The third-order valence-corrected chi connectivity index (χ3v) is 7.25. The Morgan fingerprint density at radius 2 is 1.81 bits per heavy atom. The summed E-state index contributed by atoms with van der Waals surface area (Å²) in [6.07, 6.45) is 1.34. The highest BCUT2D eigenvalue weighted by atomic mass is 32.1. The highest BCUT2D eigenvalue weighted by molar-refractivity contribution is 7.10. The minimum atomic E-state index is -0.502. The van der Waals surface area contributed by atoms with Gasteiger partial charge >= 0.3 is 6.09 Å². The number of piperidine rings is 1. The average Bonchev–Trinajstić information content (AvgIpc) is 3.51. The molecule has 2 amide bonds. The minimum Gasteiger partial charge on any atom is -0.444 e. The van der Waals surface area contributed by atoms with Gasteiger partial charge in [0.05, 0.1) is 10.7 Å². The van der Waals surface area contributed by atoms with Crippen molar-refractivity contribution >= 4 is 39.9 Å². The summed E-state index contributed by atoms with van der Waals surface area (Å²) in [7, 11) is 0. The molecule has 1 fully saturated rings. The fourth-order valence-corrected chi connectivity index (χ4v) is 5.42. The van der Waals surface area contributed by atoms with Crippen molar-refractivity contribution in [3.63, 3.8) is 0 Å². The topological polar surface area (TPSA) is 87.3 Å². The molecule has 2 aromatic heterocycles. The van der Waals surface area contributed by atoms with Crippen LogP contribution in [0.15, 0.2) is 60.0 Å². The molecule has 1 saturated heterocycles. The average molecular weight is 503 g/mol. The van der Waals surface area contributed by atoms with Crippen molar-refractivity contribution in [2.75, 3.05) is 18.4 Å². The Hall–Kier alpha value is -3.65. The maximum Gasteiger partial charge on any atom is 0.410 e. The van der Waals surface area contributed by atoms with Crippen molar-refractivity contribution in [1.29, 1.82) is 0 Å². The van der Waals surface area contributed by atoms with Crippen molar-refractivity contribution in [1.82, 2.24) is 14.9 Å². The molecular weight excluding hydrogens is 472 g/mol. The molecule has 0 aliphatic carbocycles. The fraction of sp³-hybridized carbons (Fsp3) is 0.321. The zero-order valence-corrected chi connectivity index (χ0v) is 21.5. The van der Waals surface area contributed by atoms with E-state index >= 15 is 0 Å². The molecule has 36 heavy (non-hydrogen) atoms. The summed E-state index contributed by atoms with van der Waals surface area (Å²) in [6, 6.07) is 18.0. The number of benzene rings is 2. The second kappa shape index (κ2) is 9.78. The Kier molecular flexibility index (Phi) is 6.53. The first-order chi connectivity index (χ1) is 17.3. The molecule has 5 rings (SSSR count). The number of aromatic nitrogens is 2. The van der Waals surface area contributed by atoms with E-state index in [1.54, 1.807) is 4.90 Å². The van der Waals surface area contributed by atoms with Crippen LogP contribution in [0.5, 0.6) is 0 Å². The normalized spacial score (nSPS) is 14.7. The Morgan fingerprint density at radius 3 is 2.56 bits per heavy atom. The highest BCUT2D eigenvalue weighted by Gasteiger charge is 2.29. The van der Waals surface area contributed by atoms with Crippen LogP contribution in [0.3, 0.4) is 0 Å². The van der Waals surface area contributed by atoms with Gasteiger partial charge in [-0.2, -0.15) is 0 Å². The van der Waals surface area contributed by atoms with Crippen molar-refractivity contribution in [3.8, 4) is 11.3 Å². The number of hydrogen-bond acceptors (Lipinski definition) is 5. The van der Waals surface area contributed by atoms with E-state index in [2.05, 4.69) is 27.4 Å². The third-order valence-electron chi connectivity index (χ3n) is 6.25. The van der Waals surface area contributed by atoms with Crippen molar-refractivity contribution in [2.45, 2.75) is 45.1 Å². The molecule has 0 unspecified atom stereocenters. The van der Waals surface area contributed by atoms with Crippen molar-refractivity contribution in [2.24, 2.45) is 0 Å². The van der Waals surface area contributed by atoms with E-state index in [0.29, 0.717) is 18.8 Å². The zero-order valence-electron chi connectivity index (χ0n) is 20.7. The molecule has 2 aromatic carbocycles. The molecule has 0 bridgehead atoms. The van der Waals surface area contributed by atoms with Gasteiger partial charge in [-0.05, 0) is 51.8 Å². The van der Waals surface area contributed by atoms with Gasteiger partial charge in [-0.25, -0.2) is 9.78 Å². The molecule has 0 atom stereocenters. The van der Waals surface area contributed by atoms with Crippen LogP contribution in [0.2, 0.25) is 0 Å². The van der Waals surface area contributed by atoms with Gasteiger partial charge in [0.1, 0.15) is 11.3 Å². The number of carbonyl (C=O) groups excluding carboxylic acids is 2. The number of H-pyrrole nitrogens is 1. The van der Waals surface area contributed by atoms with Gasteiger partial charge in [-0.15, -0.1) is 11.3 Å². The summed E-state index contributed by atoms with van der Waals surface area (Å²) in [4.78, 5) is 35.3. The van der Waals surface area contributed by atoms with Gasteiger partial charge in [0.2, 0.25) is 0 Å². The van der Waals surface area contributed by atoms with Crippen molar-refractivity contribution in [3.05, 3.63) is 70.7 Å². The summed E-state index contributed by atoms with van der Waals surface area (Å²) in [5, 5.41) is 6.92. The zero-order chi connectivity index (χ0) is 25.3. The number of carbonyl (C=O) groups is 2. The first-order valence-corrected chi connectivity index (χ1v) is 13.1. The first kappa shape index (κ1) is 24.1. The van der Waals surface area contributed by atoms with E-state index < -0.39 is 5.60 Å². The molecule has 186 valence electrons. The molecule has 0 spiro atoms. The maximum absolute atomic E-state index is 13.1. The van der Waals surface area contributed by atoms with E-state index in [4.69, 9.17) is 4.74 Å². The number of anilines is 1. The van der Waals surface area contributed by atoms with E-state index in [0.717, 1.165) is 45.7 Å². The van der Waals surface area contributed by atoms with Gasteiger partial charge in [-0.3, -0.25) is 4.79 Å². The second-order valence-electron chi connectivity index (χ2n) is 10.1. The molecule has 8 heteroatoms. The number of likely N-dealkylation sites (tertiary alicyclic amines) is 1. The standard InChI is InChI=1S/C28H30N4O3S/c1-28(2,3)35-27(34)32-14-12-18(13-15-32)26-31-24(17-36-26)25(33)30-22-11-7-5-9-20(22)23-16-19-8-4-6-10-21(19)29-23/h4-11,16-18,29H,12-15H2,1-3H3,(H,30,33). The number of thiazole rings is 1. The van der Waals surface area contributed by atoms with Crippen LogP contribution < -0.4 is 5.32 Å². The lowest BCUT2D eigenvalue weighted by atomic mass is 9.98. The van der Waals surface area contributed by atoms with Gasteiger partial charge in [-0.1, -0.05) is 36.4 Å².